The van der Waals surface area contributed by atoms with Gasteiger partial charge in [-0.2, -0.15) is 5.10 Å². The molecule has 0 amide bonds. The molecule has 0 atom stereocenters. The van der Waals surface area contributed by atoms with Crippen LogP contribution in [-0.4, -0.2) is 22.5 Å². The molecular formula is C18H15N3O. The van der Waals surface area contributed by atoms with E-state index < -0.39 is 5.41 Å². The van der Waals surface area contributed by atoms with Crippen LogP contribution >= 0.6 is 0 Å². The molecule has 0 aliphatic carbocycles. The third-order valence-corrected chi connectivity index (χ3v) is 4.12. The number of nitrogens with zero attached hydrogens (tertiary/aromatic N) is 2. The first-order valence-electron chi connectivity index (χ1n) is 7.23. The van der Waals surface area contributed by atoms with Crippen molar-refractivity contribution in [3.8, 4) is 0 Å². The van der Waals surface area contributed by atoms with Crippen molar-refractivity contribution in [1.29, 1.82) is 0 Å². The lowest BCUT2D eigenvalue weighted by Gasteiger charge is -2.29. The summed E-state index contributed by atoms with van der Waals surface area (Å²) in [6.45, 7) is 0.475. The molecule has 0 spiro atoms. The number of aromatic amines is 1. The van der Waals surface area contributed by atoms with Crippen LogP contribution in [0.3, 0.4) is 0 Å². The van der Waals surface area contributed by atoms with E-state index in [1.807, 2.05) is 42.5 Å². The number of oxime groups is 1. The average Bonchev–Trinajstić information content (AvgIpc) is 3.26. The molecule has 3 aromatic rings. The molecule has 4 heteroatoms. The average molecular weight is 289 g/mol. The minimum Gasteiger partial charge on any atom is -0.394 e. The van der Waals surface area contributed by atoms with E-state index in [9.17, 15) is 0 Å². The van der Waals surface area contributed by atoms with E-state index in [4.69, 9.17) is 4.84 Å². The number of aromatic nitrogens is 2. The van der Waals surface area contributed by atoms with Crippen LogP contribution in [0.2, 0.25) is 0 Å². The molecule has 22 heavy (non-hydrogen) atoms. The second-order valence-electron chi connectivity index (χ2n) is 5.31. The van der Waals surface area contributed by atoms with E-state index >= 15 is 0 Å². The Morgan fingerprint density at radius 3 is 2.05 bits per heavy atom. The quantitative estimate of drug-likeness (QED) is 0.805. The highest BCUT2D eigenvalue weighted by atomic mass is 16.6. The standard InChI is InChI=1S/C18H15N3O/c1-3-7-14(8-4-1)18(15-9-5-2-6-10-15)13-22-21-17(18)16-11-12-19-20-16/h1-12H,13H2,(H,19,20). The van der Waals surface area contributed by atoms with E-state index in [1.54, 1.807) is 6.20 Å². The van der Waals surface area contributed by atoms with Gasteiger partial charge in [0.2, 0.25) is 0 Å². The Hall–Kier alpha value is -2.88. The molecule has 4 nitrogen and oxygen atoms in total. The molecule has 2 heterocycles. The van der Waals surface area contributed by atoms with Gasteiger partial charge in [0.1, 0.15) is 23.4 Å². The monoisotopic (exact) mass is 289 g/mol. The van der Waals surface area contributed by atoms with Crippen molar-refractivity contribution in [2.75, 3.05) is 6.61 Å². The molecule has 4 rings (SSSR count). The summed E-state index contributed by atoms with van der Waals surface area (Å²) in [5.74, 6) is 0. The molecule has 0 fully saturated rings. The number of hydrogen-bond donors (Lipinski definition) is 1. The molecule has 2 aromatic carbocycles. The predicted molar refractivity (Wildman–Crippen MR) is 84.7 cm³/mol. The van der Waals surface area contributed by atoms with Gasteiger partial charge in [-0.05, 0) is 17.2 Å². The summed E-state index contributed by atoms with van der Waals surface area (Å²) < 4.78 is 0. The predicted octanol–water partition coefficient (Wildman–Crippen LogP) is 3.13. The fourth-order valence-corrected chi connectivity index (χ4v) is 3.05. The Morgan fingerprint density at radius 2 is 1.50 bits per heavy atom. The molecule has 1 aliphatic heterocycles. The third kappa shape index (κ3) is 1.84. The van der Waals surface area contributed by atoms with Crippen LogP contribution in [0.1, 0.15) is 16.8 Å². The summed E-state index contributed by atoms with van der Waals surface area (Å²) in [5.41, 5.74) is 3.52. The lowest BCUT2D eigenvalue weighted by Crippen LogP contribution is -2.38. The topological polar surface area (TPSA) is 50.3 Å². The summed E-state index contributed by atoms with van der Waals surface area (Å²) in [4.78, 5) is 5.54. The maximum absolute atomic E-state index is 5.54. The van der Waals surface area contributed by atoms with Crippen LogP contribution in [0.25, 0.3) is 0 Å². The molecular weight excluding hydrogens is 274 g/mol. The van der Waals surface area contributed by atoms with Crippen molar-refractivity contribution in [2.24, 2.45) is 5.16 Å². The largest absolute Gasteiger partial charge is 0.394 e. The highest BCUT2D eigenvalue weighted by molar-refractivity contribution is 6.09. The summed E-state index contributed by atoms with van der Waals surface area (Å²) in [7, 11) is 0. The molecule has 0 bridgehead atoms. The van der Waals surface area contributed by atoms with Gasteiger partial charge < -0.3 is 4.84 Å². The second-order valence-corrected chi connectivity index (χ2v) is 5.31. The molecule has 1 aromatic heterocycles. The Labute approximate surface area is 128 Å². The SMILES string of the molecule is c1ccc(C2(c3ccccc3)CON=C2c2cc[nH]n2)cc1. The first-order valence-corrected chi connectivity index (χ1v) is 7.23. The number of hydrogen-bond acceptors (Lipinski definition) is 3. The van der Waals surface area contributed by atoms with E-state index in [-0.39, 0.29) is 0 Å². The number of nitrogens with one attached hydrogen (secondary N) is 1. The minimum absolute atomic E-state index is 0.433. The smallest absolute Gasteiger partial charge is 0.136 e. The van der Waals surface area contributed by atoms with Crippen molar-refractivity contribution in [3.05, 3.63) is 89.7 Å². The van der Waals surface area contributed by atoms with Gasteiger partial charge in [-0.15, -0.1) is 0 Å². The Bertz CT molecular complexity index is 740. The van der Waals surface area contributed by atoms with Gasteiger partial charge in [-0.25, -0.2) is 0 Å². The van der Waals surface area contributed by atoms with Crippen molar-refractivity contribution in [1.82, 2.24) is 10.2 Å². The van der Waals surface area contributed by atoms with Gasteiger partial charge in [0.05, 0.1) is 0 Å². The first-order chi connectivity index (χ1) is 10.9. The van der Waals surface area contributed by atoms with E-state index in [0.29, 0.717) is 6.61 Å². The molecule has 0 saturated carbocycles. The van der Waals surface area contributed by atoms with Gasteiger partial charge in [0, 0.05) is 6.20 Å². The first kappa shape index (κ1) is 12.8. The number of H-pyrrole nitrogens is 1. The van der Waals surface area contributed by atoms with Crippen LogP contribution in [0.5, 0.6) is 0 Å². The summed E-state index contributed by atoms with van der Waals surface area (Å²) in [5, 5.41) is 11.5. The summed E-state index contributed by atoms with van der Waals surface area (Å²) in [6, 6.07) is 22.6. The number of rotatable bonds is 3. The molecule has 0 radical (unpaired) electrons. The van der Waals surface area contributed by atoms with Crippen molar-refractivity contribution in [3.63, 3.8) is 0 Å². The fraction of sp³-hybridized carbons (Fsp3) is 0.111. The zero-order valence-corrected chi connectivity index (χ0v) is 11.9. The fourth-order valence-electron chi connectivity index (χ4n) is 3.05. The van der Waals surface area contributed by atoms with Gasteiger partial charge >= 0.3 is 0 Å². The van der Waals surface area contributed by atoms with Gasteiger partial charge in [-0.3, -0.25) is 5.10 Å². The summed E-state index contributed by atoms with van der Waals surface area (Å²) in [6.07, 6.45) is 1.80. The zero-order valence-electron chi connectivity index (χ0n) is 11.9. The maximum Gasteiger partial charge on any atom is 0.136 e. The maximum atomic E-state index is 5.54. The molecule has 108 valence electrons. The Kier molecular flexibility index (Phi) is 3.00. The lowest BCUT2D eigenvalue weighted by molar-refractivity contribution is 0.152. The van der Waals surface area contributed by atoms with Gasteiger partial charge in [-0.1, -0.05) is 65.8 Å². The highest BCUT2D eigenvalue weighted by Gasteiger charge is 2.46. The molecule has 1 N–H and O–H groups in total. The van der Waals surface area contributed by atoms with Crippen molar-refractivity contribution in [2.45, 2.75) is 5.41 Å². The second kappa shape index (κ2) is 5.15. The third-order valence-electron chi connectivity index (χ3n) is 4.12. The van der Waals surface area contributed by atoms with Crippen LogP contribution in [0, 0.1) is 0 Å². The Balaban J connectivity index is 1.96. The van der Waals surface area contributed by atoms with Crippen LogP contribution in [0.4, 0.5) is 0 Å². The highest BCUT2D eigenvalue weighted by Crippen LogP contribution is 2.39. The Morgan fingerprint density at radius 1 is 0.864 bits per heavy atom. The van der Waals surface area contributed by atoms with Gasteiger partial charge in [0.15, 0.2) is 0 Å². The van der Waals surface area contributed by atoms with Crippen molar-refractivity contribution < 1.29 is 4.84 Å². The lowest BCUT2D eigenvalue weighted by atomic mass is 9.71. The molecule has 0 unspecified atom stereocenters. The normalized spacial score (nSPS) is 16.1. The van der Waals surface area contributed by atoms with Crippen molar-refractivity contribution >= 4 is 5.71 Å². The van der Waals surface area contributed by atoms with E-state index in [2.05, 4.69) is 39.6 Å². The van der Waals surface area contributed by atoms with E-state index in [1.165, 1.54) is 0 Å². The molecule has 0 saturated heterocycles. The number of benzene rings is 2. The van der Waals surface area contributed by atoms with Gasteiger partial charge in [0.25, 0.3) is 0 Å². The minimum atomic E-state index is -0.433. The van der Waals surface area contributed by atoms with E-state index in [0.717, 1.165) is 22.5 Å². The summed E-state index contributed by atoms with van der Waals surface area (Å²) >= 11 is 0. The zero-order chi connectivity index (χ0) is 14.8. The van der Waals surface area contributed by atoms with Crippen LogP contribution in [-0.2, 0) is 10.3 Å². The van der Waals surface area contributed by atoms with Crippen LogP contribution < -0.4 is 0 Å². The van der Waals surface area contributed by atoms with Crippen LogP contribution in [0.15, 0.2) is 78.1 Å². The molecule has 1 aliphatic rings.